The van der Waals surface area contributed by atoms with Gasteiger partial charge in [0.05, 0.1) is 7.11 Å². The fourth-order valence-electron chi connectivity index (χ4n) is 0.637. The molecule has 1 unspecified atom stereocenters. The SMILES string of the molecule is CCC(=O)C(C)(F)C(=O)OC. The Morgan fingerprint density at radius 2 is 2.00 bits per heavy atom. The van der Waals surface area contributed by atoms with Gasteiger partial charge in [0, 0.05) is 6.42 Å². The lowest BCUT2D eigenvalue weighted by Gasteiger charge is -2.14. The van der Waals surface area contributed by atoms with E-state index in [2.05, 4.69) is 4.74 Å². The second-order valence-corrected chi connectivity index (χ2v) is 2.27. The van der Waals surface area contributed by atoms with Gasteiger partial charge in [-0.1, -0.05) is 6.92 Å². The minimum absolute atomic E-state index is 0.0118. The van der Waals surface area contributed by atoms with Gasteiger partial charge >= 0.3 is 5.97 Å². The largest absolute Gasteiger partial charge is 0.466 e. The Morgan fingerprint density at radius 1 is 1.55 bits per heavy atom. The molecule has 0 aliphatic rings. The van der Waals surface area contributed by atoms with Crippen LogP contribution in [0.2, 0.25) is 0 Å². The third-order valence-electron chi connectivity index (χ3n) is 1.41. The molecular formula is C7H11FO3. The number of Topliss-reactive ketones (excluding diaryl/α,β-unsaturated/α-hetero) is 1. The van der Waals surface area contributed by atoms with E-state index < -0.39 is 17.4 Å². The molecule has 0 aliphatic heterocycles. The highest BCUT2D eigenvalue weighted by Crippen LogP contribution is 2.15. The van der Waals surface area contributed by atoms with Gasteiger partial charge in [-0.3, -0.25) is 4.79 Å². The summed E-state index contributed by atoms with van der Waals surface area (Å²) in [6.07, 6.45) is -0.0118. The summed E-state index contributed by atoms with van der Waals surface area (Å²) in [6.45, 7) is 2.40. The Morgan fingerprint density at radius 3 is 2.27 bits per heavy atom. The van der Waals surface area contributed by atoms with Crippen molar-refractivity contribution in [2.24, 2.45) is 0 Å². The number of ketones is 1. The van der Waals surface area contributed by atoms with Crippen molar-refractivity contribution in [3.63, 3.8) is 0 Å². The molecule has 0 aromatic heterocycles. The molecule has 3 nitrogen and oxygen atoms in total. The van der Waals surface area contributed by atoms with E-state index in [4.69, 9.17) is 0 Å². The van der Waals surface area contributed by atoms with Crippen LogP contribution in [0.1, 0.15) is 20.3 Å². The molecule has 0 rings (SSSR count). The molecule has 0 spiro atoms. The first-order valence-corrected chi connectivity index (χ1v) is 3.27. The van der Waals surface area contributed by atoms with Crippen LogP contribution in [0.3, 0.4) is 0 Å². The van der Waals surface area contributed by atoms with Crippen LogP contribution in [0, 0.1) is 0 Å². The first-order chi connectivity index (χ1) is 4.96. The summed E-state index contributed by atoms with van der Waals surface area (Å²) in [6, 6.07) is 0. The highest BCUT2D eigenvalue weighted by atomic mass is 19.1. The summed E-state index contributed by atoms with van der Waals surface area (Å²) in [7, 11) is 1.04. The number of esters is 1. The lowest BCUT2D eigenvalue weighted by Crippen LogP contribution is -2.39. The second-order valence-electron chi connectivity index (χ2n) is 2.27. The summed E-state index contributed by atoms with van der Waals surface area (Å²) in [5, 5.41) is 0. The standard InChI is InChI=1S/C7H11FO3/c1-4-5(9)7(2,8)6(10)11-3/h4H2,1-3H3. The molecule has 0 aromatic rings. The van der Waals surface area contributed by atoms with E-state index in [9.17, 15) is 14.0 Å². The maximum Gasteiger partial charge on any atom is 0.351 e. The zero-order chi connectivity index (χ0) is 9.07. The quantitative estimate of drug-likeness (QED) is 0.456. The number of carbonyl (C=O) groups excluding carboxylic acids is 2. The molecule has 64 valence electrons. The van der Waals surface area contributed by atoms with Gasteiger partial charge in [-0.05, 0) is 6.92 Å². The minimum atomic E-state index is -2.48. The van der Waals surface area contributed by atoms with E-state index in [0.29, 0.717) is 0 Å². The van der Waals surface area contributed by atoms with Crippen LogP contribution in [0.15, 0.2) is 0 Å². The normalized spacial score (nSPS) is 15.3. The minimum Gasteiger partial charge on any atom is -0.466 e. The maximum absolute atomic E-state index is 13.1. The maximum atomic E-state index is 13.1. The molecular weight excluding hydrogens is 151 g/mol. The van der Waals surface area contributed by atoms with Crippen LogP contribution in [-0.2, 0) is 14.3 Å². The zero-order valence-electron chi connectivity index (χ0n) is 6.81. The number of halogens is 1. The predicted molar refractivity (Wildman–Crippen MR) is 36.8 cm³/mol. The average Bonchev–Trinajstić information content (AvgIpc) is 2.01. The molecule has 1 atom stereocenters. The number of alkyl halides is 1. The van der Waals surface area contributed by atoms with Gasteiger partial charge < -0.3 is 4.74 Å². The predicted octanol–water partition coefficient (Wildman–Crippen LogP) is 0.867. The third kappa shape index (κ3) is 2.00. The molecule has 0 heterocycles. The summed E-state index contributed by atoms with van der Waals surface area (Å²) < 4.78 is 17.2. The molecule has 0 saturated carbocycles. The fraction of sp³-hybridized carbons (Fsp3) is 0.714. The number of hydrogen-bond acceptors (Lipinski definition) is 3. The van der Waals surface area contributed by atoms with Crippen molar-refractivity contribution in [2.75, 3.05) is 7.11 Å². The van der Waals surface area contributed by atoms with Crippen LogP contribution in [0.4, 0.5) is 4.39 Å². The number of carbonyl (C=O) groups is 2. The number of hydrogen-bond donors (Lipinski definition) is 0. The zero-order valence-corrected chi connectivity index (χ0v) is 6.81. The van der Waals surface area contributed by atoms with Crippen molar-refractivity contribution < 1.29 is 18.7 Å². The molecule has 0 bridgehead atoms. The molecule has 11 heavy (non-hydrogen) atoms. The van der Waals surface area contributed by atoms with E-state index in [0.717, 1.165) is 14.0 Å². The second kappa shape index (κ2) is 3.46. The average molecular weight is 162 g/mol. The first-order valence-electron chi connectivity index (χ1n) is 3.27. The smallest absolute Gasteiger partial charge is 0.351 e. The Kier molecular flexibility index (Phi) is 3.17. The van der Waals surface area contributed by atoms with E-state index in [1.165, 1.54) is 6.92 Å². The summed E-state index contributed by atoms with van der Waals surface area (Å²) >= 11 is 0. The fourth-order valence-corrected chi connectivity index (χ4v) is 0.637. The van der Waals surface area contributed by atoms with Crippen molar-refractivity contribution >= 4 is 11.8 Å². The third-order valence-corrected chi connectivity index (χ3v) is 1.41. The highest BCUT2D eigenvalue weighted by molar-refractivity contribution is 6.06. The molecule has 0 saturated heterocycles. The van der Waals surface area contributed by atoms with E-state index in [-0.39, 0.29) is 6.42 Å². The van der Waals surface area contributed by atoms with Gasteiger partial charge in [-0.15, -0.1) is 0 Å². The molecule has 0 fully saturated rings. The van der Waals surface area contributed by atoms with E-state index in [1.54, 1.807) is 0 Å². The van der Waals surface area contributed by atoms with Crippen LogP contribution in [-0.4, -0.2) is 24.5 Å². The number of rotatable bonds is 3. The van der Waals surface area contributed by atoms with Crippen LogP contribution in [0.25, 0.3) is 0 Å². The van der Waals surface area contributed by atoms with Crippen molar-refractivity contribution in [1.29, 1.82) is 0 Å². The van der Waals surface area contributed by atoms with Gasteiger partial charge in [0.1, 0.15) is 0 Å². The van der Waals surface area contributed by atoms with Gasteiger partial charge in [0.2, 0.25) is 0 Å². The van der Waals surface area contributed by atoms with E-state index in [1.807, 2.05) is 0 Å². The number of ether oxygens (including phenoxy) is 1. The van der Waals surface area contributed by atoms with Gasteiger partial charge in [0.15, 0.2) is 5.78 Å². The van der Waals surface area contributed by atoms with Crippen molar-refractivity contribution in [3.8, 4) is 0 Å². The number of methoxy groups -OCH3 is 1. The Hall–Kier alpha value is -0.930. The van der Waals surface area contributed by atoms with Crippen LogP contribution in [0.5, 0.6) is 0 Å². The summed E-state index contributed by atoms with van der Waals surface area (Å²) in [5.74, 6) is -1.89. The molecule has 0 aliphatic carbocycles. The molecule has 0 aromatic carbocycles. The van der Waals surface area contributed by atoms with Crippen molar-refractivity contribution in [3.05, 3.63) is 0 Å². The van der Waals surface area contributed by atoms with Crippen LogP contribution >= 0.6 is 0 Å². The monoisotopic (exact) mass is 162 g/mol. The lowest BCUT2D eigenvalue weighted by molar-refractivity contribution is -0.158. The summed E-state index contributed by atoms with van der Waals surface area (Å²) in [5.41, 5.74) is -2.48. The molecule has 0 radical (unpaired) electrons. The van der Waals surface area contributed by atoms with Crippen molar-refractivity contribution in [1.82, 2.24) is 0 Å². The Labute approximate surface area is 64.5 Å². The van der Waals surface area contributed by atoms with E-state index >= 15 is 0 Å². The summed E-state index contributed by atoms with van der Waals surface area (Å²) in [4.78, 5) is 21.4. The Balaban J connectivity index is 4.44. The molecule has 4 heteroatoms. The topological polar surface area (TPSA) is 43.4 Å². The molecule has 0 N–H and O–H groups in total. The van der Waals surface area contributed by atoms with Gasteiger partial charge in [-0.2, -0.15) is 0 Å². The van der Waals surface area contributed by atoms with Gasteiger partial charge in [-0.25, -0.2) is 9.18 Å². The van der Waals surface area contributed by atoms with Crippen molar-refractivity contribution in [2.45, 2.75) is 25.9 Å². The highest BCUT2D eigenvalue weighted by Gasteiger charge is 2.40. The molecule has 0 amide bonds. The Bertz CT molecular complexity index is 157. The first kappa shape index (κ1) is 10.1. The van der Waals surface area contributed by atoms with Crippen LogP contribution < -0.4 is 0 Å². The van der Waals surface area contributed by atoms with Gasteiger partial charge in [0.25, 0.3) is 5.67 Å². The lowest BCUT2D eigenvalue weighted by atomic mass is 10.0.